The maximum atomic E-state index is 11.3. The molecule has 0 aromatic rings. The van der Waals surface area contributed by atoms with Crippen molar-refractivity contribution in [2.75, 3.05) is 6.54 Å². The van der Waals surface area contributed by atoms with Crippen molar-refractivity contribution in [3.05, 3.63) is 0 Å². The molecule has 0 saturated carbocycles. The first kappa shape index (κ1) is 14.4. The second-order valence-electron chi connectivity index (χ2n) is 3.11. The third-order valence-electron chi connectivity index (χ3n) is 1.70. The van der Waals surface area contributed by atoms with Crippen LogP contribution in [0.5, 0.6) is 0 Å². The van der Waals surface area contributed by atoms with Crippen LogP contribution in [0.25, 0.3) is 0 Å². The average molecular weight is 232 g/mol. The van der Waals surface area contributed by atoms with Crippen LogP contribution in [0, 0.1) is 0 Å². The van der Waals surface area contributed by atoms with Crippen LogP contribution in [-0.2, 0) is 14.3 Å². The summed E-state index contributed by atoms with van der Waals surface area (Å²) in [5, 5.41) is 12.9. The molecule has 0 spiro atoms. The van der Waals surface area contributed by atoms with E-state index in [0.717, 1.165) is 0 Å². The van der Waals surface area contributed by atoms with E-state index < -0.39 is 30.1 Å². The van der Waals surface area contributed by atoms with Gasteiger partial charge >= 0.3 is 12.0 Å². The summed E-state index contributed by atoms with van der Waals surface area (Å²) in [5.41, 5.74) is 0. The summed E-state index contributed by atoms with van der Waals surface area (Å²) in [6, 6.07) is -0.633. The SMILES string of the molecule is CCNC(=O)NC(=O)C(C)OC(C)C(=O)O. The zero-order valence-electron chi connectivity index (χ0n) is 9.44. The van der Waals surface area contributed by atoms with Crippen LogP contribution in [0.3, 0.4) is 0 Å². The van der Waals surface area contributed by atoms with E-state index in [-0.39, 0.29) is 0 Å². The summed E-state index contributed by atoms with van der Waals surface area (Å²) in [6.45, 7) is 4.77. The molecule has 0 aromatic heterocycles. The maximum absolute atomic E-state index is 11.3. The minimum atomic E-state index is -1.17. The first-order valence-corrected chi connectivity index (χ1v) is 4.85. The van der Waals surface area contributed by atoms with Gasteiger partial charge in [-0.15, -0.1) is 0 Å². The predicted octanol–water partition coefficient (Wildman–Crippen LogP) is -0.290. The van der Waals surface area contributed by atoms with Gasteiger partial charge in [-0.1, -0.05) is 0 Å². The Bertz CT molecular complexity index is 279. The second kappa shape index (κ2) is 6.78. The van der Waals surface area contributed by atoms with Gasteiger partial charge in [0.2, 0.25) is 0 Å². The van der Waals surface area contributed by atoms with E-state index in [1.54, 1.807) is 6.92 Å². The highest BCUT2D eigenvalue weighted by Crippen LogP contribution is 1.98. The second-order valence-corrected chi connectivity index (χ2v) is 3.11. The molecule has 0 fully saturated rings. The Balaban J connectivity index is 4.08. The van der Waals surface area contributed by atoms with Crippen LogP contribution in [0.4, 0.5) is 4.79 Å². The van der Waals surface area contributed by atoms with E-state index in [9.17, 15) is 14.4 Å². The molecule has 0 heterocycles. The fraction of sp³-hybridized carbons (Fsp3) is 0.667. The van der Waals surface area contributed by atoms with Crippen molar-refractivity contribution in [2.24, 2.45) is 0 Å². The lowest BCUT2D eigenvalue weighted by atomic mass is 10.3. The van der Waals surface area contributed by atoms with Crippen molar-refractivity contribution in [3.63, 3.8) is 0 Å². The summed E-state index contributed by atoms with van der Waals surface area (Å²) in [6.07, 6.45) is -2.11. The van der Waals surface area contributed by atoms with Gasteiger partial charge in [-0.2, -0.15) is 0 Å². The molecule has 3 amide bonds. The fourth-order valence-corrected chi connectivity index (χ4v) is 0.844. The Morgan fingerprint density at radius 2 is 1.81 bits per heavy atom. The molecule has 0 aliphatic rings. The molecule has 7 heteroatoms. The Labute approximate surface area is 93.2 Å². The van der Waals surface area contributed by atoms with Gasteiger partial charge < -0.3 is 15.2 Å². The highest BCUT2D eigenvalue weighted by Gasteiger charge is 2.21. The molecule has 3 N–H and O–H groups in total. The molecule has 0 bridgehead atoms. The van der Waals surface area contributed by atoms with Gasteiger partial charge in [-0.3, -0.25) is 10.1 Å². The molecule has 2 unspecified atom stereocenters. The molecule has 0 saturated heterocycles. The molecule has 0 aromatic carbocycles. The van der Waals surface area contributed by atoms with Gasteiger partial charge in [-0.25, -0.2) is 9.59 Å². The minimum absolute atomic E-state index is 0.389. The standard InChI is InChI=1S/C9H16N2O5/c1-4-10-9(15)11-7(12)5(2)16-6(3)8(13)14/h5-6H,4H2,1-3H3,(H,13,14)(H2,10,11,12,15). The van der Waals surface area contributed by atoms with Crippen LogP contribution < -0.4 is 10.6 Å². The largest absolute Gasteiger partial charge is 0.479 e. The van der Waals surface area contributed by atoms with Crippen molar-refractivity contribution >= 4 is 17.9 Å². The molecule has 92 valence electrons. The smallest absolute Gasteiger partial charge is 0.332 e. The number of ether oxygens (including phenoxy) is 1. The number of hydrogen-bond acceptors (Lipinski definition) is 4. The summed E-state index contributed by atoms with van der Waals surface area (Å²) in [5.74, 6) is -1.85. The number of rotatable bonds is 5. The molecule has 16 heavy (non-hydrogen) atoms. The van der Waals surface area contributed by atoms with E-state index in [0.29, 0.717) is 6.54 Å². The Kier molecular flexibility index (Phi) is 6.09. The lowest BCUT2D eigenvalue weighted by molar-refractivity contribution is -0.155. The molecular formula is C9H16N2O5. The number of urea groups is 1. The number of hydrogen-bond donors (Lipinski definition) is 3. The van der Waals surface area contributed by atoms with Gasteiger partial charge in [0.05, 0.1) is 0 Å². The van der Waals surface area contributed by atoms with Gasteiger partial charge in [0.1, 0.15) is 6.10 Å². The molecule has 0 aliphatic carbocycles. The molecule has 2 atom stereocenters. The Morgan fingerprint density at radius 3 is 2.25 bits per heavy atom. The van der Waals surface area contributed by atoms with E-state index in [1.165, 1.54) is 13.8 Å². The van der Waals surface area contributed by atoms with Crippen LogP contribution in [0.15, 0.2) is 0 Å². The van der Waals surface area contributed by atoms with Crippen molar-refractivity contribution < 1.29 is 24.2 Å². The monoisotopic (exact) mass is 232 g/mol. The molecule has 0 aliphatic heterocycles. The van der Waals surface area contributed by atoms with Gasteiger partial charge in [0, 0.05) is 6.54 Å². The first-order chi connectivity index (χ1) is 7.38. The van der Waals surface area contributed by atoms with Crippen LogP contribution in [-0.4, -0.2) is 41.8 Å². The minimum Gasteiger partial charge on any atom is -0.479 e. The summed E-state index contributed by atoms with van der Waals surface area (Å²) < 4.78 is 4.86. The van der Waals surface area contributed by atoms with E-state index >= 15 is 0 Å². The third kappa shape index (κ3) is 5.30. The Morgan fingerprint density at radius 1 is 1.25 bits per heavy atom. The molecule has 7 nitrogen and oxygen atoms in total. The highest BCUT2D eigenvalue weighted by molar-refractivity contribution is 5.96. The third-order valence-corrected chi connectivity index (χ3v) is 1.70. The predicted molar refractivity (Wildman–Crippen MR) is 54.9 cm³/mol. The molecule has 0 rings (SSSR count). The van der Waals surface area contributed by atoms with Crippen LogP contribution >= 0.6 is 0 Å². The number of carboxylic acids is 1. The number of nitrogens with one attached hydrogen (secondary N) is 2. The van der Waals surface area contributed by atoms with Crippen molar-refractivity contribution in [3.8, 4) is 0 Å². The van der Waals surface area contributed by atoms with Crippen molar-refractivity contribution in [2.45, 2.75) is 33.0 Å². The summed E-state index contributed by atoms with van der Waals surface area (Å²) in [4.78, 5) is 32.7. The summed E-state index contributed by atoms with van der Waals surface area (Å²) in [7, 11) is 0. The average Bonchev–Trinajstić information content (AvgIpc) is 2.17. The number of carbonyl (C=O) groups excluding carboxylic acids is 2. The first-order valence-electron chi connectivity index (χ1n) is 4.85. The topological polar surface area (TPSA) is 105 Å². The summed E-state index contributed by atoms with van der Waals surface area (Å²) >= 11 is 0. The van der Waals surface area contributed by atoms with Crippen LogP contribution in [0.1, 0.15) is 20.8 Å². The zero-order chi connectivity index (χ0) is 12.7. The number of carbonyl (C=O) groups is 3. The number of aliphatic carboxylic acids is 1. The zero-order valence-corrected chi connectivity index (χ0v) is 9.44. The van der Waals surface area contributed by atoms with Crippen molar-refractivity contribution in [1.82, 2.24) is 10.6 Å². The lowest BCUT2D eigenvalue weighted by Gasteiger charge is -2.15. The molecule has 0 radical (unpaired) electrons. The van der Waals surface area contributed by atoms with E-state index in [2.05, 4.69) is 5.32 Å². The van der Waals surface area contributed by atoms with Crippen molar-refractivity contribution in [1.29, 1.82) is 0 Å². The quantitative estimate of drug-likeness (QED) is 0.604. The maximum Gasteiger partial charge on any atom is 0.332 e. The lowest BCUT2D eigenvalue weighted by Crippen LogP contribution is -2.45. The fourth-order valence-electron chi connectivity index (χ4n) is 0.844. The van der Waals surface area contributed by atoms with Gasteiger partial charge in [0.15, 0.2) is 6.10 Å². The van der Waals surface area contributed by atoms with E-state index in [1.807, 2.05) is 5.32 Å². The van der Waals surface area contributed by atoms with Crippen LogP contribution in [0.2, 0.25) is 0 Å². The Hall–Kier alpha value is -1.63. The number of imide groups is 1. The normalized spacial score (nSPS) is 13.7. The van der Waals surface area contributed by atoms with Gasteiger partial charge in [-0.05, 0) is 20.8 Å². The number of amides is 3. The molecular weight excluding hydrogens is 216 g/mol. The van der Waals surface area contributed by atoms with Gasteiger partial charge in [0.25, 0.3) is 5.91 Å². The van der Waals surface area contributed by atoms with E-state index in [4.69, 9.17) is 9.84 Å². The highest BCUT2D eigenvalue weighted by atomic mass is 16.5. The number of carboxylic acid groups (broad SMARTS) is 1.